The molecule has 0 aliphatic rings. The van der Waals surface area contributed by atoms with Crippen LogP contribution in [-0.4, -0.2) is 15.5 Å². The molecule has 2 aromatic carbocycles. The molecule has 0 radical (unpaired) electrons. The molecule has 0 heterocycles. The number of halogens is 1. The molecule has 0 amide bonds. The monoisotopic (exact) mass is 354 g/mol. The van der Waals surface area contributed by atoms with Crippen LogP contribution in [0.25, 0.3) is 0 Å². The van der Waals surface area contributed by atoms with E-state index in [1.54, 1.807) is 18.2 Å². The van der Waals surface area contributed by atoms with E-state index in [-0.39, 0.29) is 10.6 Å². The number of anilines is 2. The summed E-state index contributed by atoms with van der Waals surface area (Å²) in [7, 11) is -2.15. The lowest BCUT2D eigenvalue weighted by Gasteiger charge is -2.21. The van der Waals surface area contributed by atoms with Crippen LogP contribution in [0.2, 0.25) is 0 Å². The van der Waals surface area contributed by atoms with Crippen molar-refractivity contribution in [1.82, 2.24) is 0 Å². The SMILES string of the molecule is Cc1cccc(N(C)S(=O)(=O)c2ccc(Br)cc2N)c1. The van der Waals surface area contributed by atoms with Crippen molar-refractivity contribution in [1.29, 1.82) is 0 Å². The van der Waals surface area contributed by atoms with Crippen molar-refractivity contribution < 1.29 is 8.42 Å². The van der Waals surface area contributed by atoms with Crippen LogP contribution in [0.3, 0.4) is 0 Å². The van der Waals surface area contributed by atoms with Crippen LogP contribution in [0.1, 0.15) is 5.56 Å². The van der Waals surface area contributed by atoms with E-state index < -0.39 is 10.0 Å². The van der Waals surface area contributed by atoms with Gasteiger partial charge in [0.25, 0.3) is 10.0 Å². The molecule has 0 spiro atoms. The maximum atomic E-state index is 12.6. The van der Waals surface area contributed by atoms with Gasteiger partial charge in [0.2, 0.25) is 0 Å². The van der Waals surface area contributed by atoms with Crippen LogP contribution >= 0.6 is 15.9 Å². The van der Waals surface area contributed by atoms with E-state index in [2.05, 4.69) is 15.9 Å². The maximum Gasteiger partial charge on any atom is 0.266 e. The summed E-state index contributed by atoms with van der Waals surface area (Å²) in [6.45, 7) is 1.91. The maximum absolute atomic E-state index is 12.6. The number of aryl methyl sites for hydroxylation is 1. The van der Waals surface area contributed by atoms with E-state index in [0.717, 1.165) is 10.0 Å². The van der Waals surface area contributed by atoms with Gasteiger partial charge >= 0.3 is 0 Å². The molecule has 20 heavy (non-hydrogen) atoms. The van der Waals surface area contributed by atoms with Crippen molar-refractivity contribution in [2.45, 2.75) is 11.8 Å². The fraction of sp³-hybridized carbons (Fsp3) is 0.143. The first-order valence-electron chi connectivity index (χ1n) is 5.93. The Kier molecular flexibility index (Phi) is 4.06. The van der Waals surface area contributed by atoms with Crippen LogP contribution < -0.4 is 10.0 Å². The number of hydrogen-bond donors (Lipinski definition) is 1. The van der Waals surface area contributed by atoms with Crippen molar-refractivity contribution in [3.63, 3.8) is 0 Å². The fourth-order valence-electron chi connectivity index (χ4n) is 1.86. The average molecular weight is 355 g/mol. The molecule has 0 bridgehead atoms. The van der Waals surface area contributed by atoms with Crippen molar-refractivity contribution in [2.75, 3.05) is 17.1 Å². The third-order valence-corrected chi connectivity index (χ3v) is 5.33. The molecule has 6 heteroatoms. The summed E-state index contributed by atoms with van der Waals surface area (Å²) < 4.78 is 27.2. The van der Waals surface area contributed by atoms with Crippen LogP contribution in [-0.2, 0) is 10.0 Å². The van der Waals surface area contributed by atoms with E-state index in [1.165, 1.54) is 17.4 Å². The molecule has 0 fully saturated rings. The summed E-state index contributed by atoms with van der Waals surface area (Å²) in [6.07, 6.45) is 0. The van der Waals surface area contributed by atoms with E-state index in [0.29, 0.717) is 5.69 Å². The molecule has 2 rings (SSSR count). The molecule has 0 saturated carbocycles. The Morgan fingerprint density at radius 2 is 1.85 bits per heavy atom. The van der Waals surface area contributed by atoms with Crippen molar-refractivity contribution in [3.05, 3.63) is 52.5 Å². The molecule has 0 aromatic heterocycles. The zero-order valence-corrected chi connectivity index (χ0v) is 13.6. The summed E-state index contributed by atoms with van der Waals surface area (Å²) in [5.41, 5.74) is 7.64. The highest BCUT2D eigenvalue weighted by molar-refractivity contribution is 9.10. The smallest absolute Gasteiger partial charge is 0.266 e. The summed E-state index contributed by atoms with van der Waals surface area (Å²) in [5.74, 6) is 0. The topological polar surface area (TPSA) is 63.4 Å². The Morgan fingerprint density at radius 3 is 2.45 bits per heavy atom. The zero-order valence-electron chi connectivity index (χ0n) is 11.2. The van der Waals surface area contributed by atoms with Crippen LogP contribution in [0, 0.1) is 6.92 Å². The fourth-order valence-corrected chi connectivity index (χ4v) is 3.53. The molecule has 2 aromatic rings. The van der Waals surface area contributed by atoms with E-state index >= 15 is 0 Å². The first kappa shape index (κ1) is 14.9. The summed E-state index contributed by atoms with van der Waals surface area (Å²) in [4.78, 5) is 0.102. The molecule has 0 unspecified atom stereocenters. The highest BCUT2D eigenvalue weighted by atomic mass is 79.9. The number of nitrogens with two attached hydrogens (primary N) is 1. The van der Waals surface area contributed by atoms with Gasteiger partial charge in [-0.15, -0.1) is 0 Å². The second-order valence-electron chi connectivity index (χ2n) is 4.49. The van der Waals surface area contributed by atoms with E-state index in [4.69, 9.17) is 5.73 Å². The third kappa shape index (κ3) is 2.81. The number of sulfonamides is 1. The number of nitrogens with zero attached hydrogens (tertiary/aromatic N) is 1. The number of nitrogen functional groups attached to an aromatic ring is 1. The molecule has 0 aliphatic carbocycles. The quantitative estimate of drug-likeness (QED) is 0.861. The van der Waals surface area contributed by atoms with Gasteiger partial charge in [0, 0.05) is 11.5 Å². The van der Waals surface area contributed by atoms with Crippen molar-refractivity contribution in [2.24, 2.45) is 0 Å². The largest absolute Gasteiger partial charge is 0.398 e. The zero-order chi connectivity index (χ0) is 14.9. The molecular formula is C14H15BrN2O2S. The Morgan fingerprint density at radius 1 is 1.15 bits per heavy atom. The van der Waals surface area contributed by atoms with Gasteiger partial charge in [0.1, 0.15) is 4.90 Å². The van der Waals surface area contributed by atoms with Crippen LogP contribution in [0.4, 0.5) is 11.4 Å². The third-order valence-electron chi connectivity index (χ3n) is 2.98. The van der Waals surface area contributed by atoms with Crippen LogP contribution in [0.5, 0.6) is 0 Å². The molecule has 106 valence electrons. The van der Waals surface area contributed by atoms with Gasteiger partial charge in [-0.3, -0.25) is 4.31 Å². The Labute approximate surface area is 127 Å². The predicted octanol–water partition coefficient (Wildman–Crippen LogP) is 3.16. The van der Waals surface area contributed by atoms with Gasteiger partial charge < -0.3 is 5.73 Å². The predicted molar refractivity (Wildman–Crippen MR) is 85.3 cm³/mol. The molecule has 0 aliphatic heterocycles. The number of rotatable bonds is 3. The van der Waals surface area contributed by atoms with Gasteiger partial charge in [0.05, 0.1) is 11.4 Å². The second-order valence-corrected chi connectivity index (χ2v) is 7.35. The first-order valence-corrected chi connectivity index (χ1v) is 8.16. The van der Waals surface area contributed by atoms with Gasteiger partial charge in [-0.1, -0.05) is 28.1 Å². The number of hydrogen-bond acceptors (Lipinski definition) is 3. The Hall–Kier alpha value is -1.53. The average Bonchev–Trinajstić information content (AvgIpc) is 2.37. The lowest BCUT2D eigenvalue weighted by atomic mass is 10.2. The minimum atomic E-state index is -3.67. The standard InChI is InChI=1S/C14H15BrN2O2S/c1-10-4-3-5-12(8-10)17(2)20(18,19)14-7-6-11(15)9-13(14)16/h3-9H,16H2,1-2H3. The molecule has 0 saturated heterocycles. The van der Waals surface area contributed by atoms with E-state index in [9.17, 15) is 8.42 Å². The van der Waals surface area contributed by atoms with Gasteiger partial charge in [-0.2, -0.15) is 0 Å². The molecular weight excluding hydrogens is 340 g/mol. The Bertz CT molecular complexity index is 745. The Balaban J connectivity index is 2.49. The lowest BCUT2D eigenvalue weighted by Crippen LogP contribution is -2.27. The van der Waals surface area contributed by atoms with Gasteiger partial charge in [0.15, 0.2) is 0 Å². The normalized spacial score (nSPS) is 11.3. The highest BCUT2D eigenvalue weighted by Crippen LogP contribution is 2.28. The first-order chi connectivity index (χ1) is 9.32. The molecule has 0 atom stereocenters. The molecule has 4 nitrogen and oxygen atoms in total. The summed E-state index contributed by atoms with van der Waals surface area (Å²) in [6, 6.07) is 12.0. The number of benzene rings is 2. The summed E-state index contributed by atoms with van der Waals surface area (Å²) in [5, 5.41) is 0. The van der Waals surface area contributed by atoms with Gasteiger partial charge in [-0.05, 0) is 42.8 Å². The van der Waals surface area contributed by atoms with Crippen LogP contribution in [0.15, 0.2) is 51.8 Å². The highest BCUT2D eigenvalue weighted by Gasteiger charge is 2.23. The lowest BCUT2D eigenvalue weighted by molar-refractivity contribution is 0.595. The summed E-state index contributed by atoms with van der Waals surface area (Å²) >= 11 is 3.27. The second kappa shape index (κ2) is 5.46. The minimum absolute atomic E-state index is 0.102. The van der Waals surface area contributed by atoms with E-state index in [1.807, 2.05) is 25.1 Å². The minimum Gasteiger partial charge on any atom is -0.398 e. The molecule has 2 N–H and O–H groups in total. The van der Waals surface area contributed by atoms with Gasteiger partial charge in [-0.25, -0.2) is 8.42 Å². The van der Waals surface area contributed by atoms with Crippen molar-refractivity contribution in [3.8, 4) is 0 Å². The van der Waals surface area contributed by atoms with Crippen molar-refractivity contribution >= 4 is 37.3 Å².